The minimum Gasteiger partial charge on any atom is -0.310 e. The molecule has 0 aliphatic carbocycles. The highest BCUT2D eigenvalue weighted by atomic mass is 35.5. The van der Waals surface area contributed by atoms with Crippen LogP contribution in [0.25, 0.3) is 0 Å². The van der Waals surface area contributed by atoms with E-state index in [1.54, 1.807) is 17.4 Å². The summed E-state index contributed by atoms with van der Waals surface area (Å²) in [4.78, 5) is 4.32. The third kappa shape index (κ3) is 3.23. The van der Waals surface area contributed by atoms with E-state index in [9.17, 15) is 0 Å². The number of benzene rings is 1. The van der Waals surface area contributed by atoms with Gasteiger partial charge in [-0.2, -0.15) is 0 Å². The van der Waals surface area contributed by atoms with E-state index in [1.807, 2.05) is 23.7 Å². The van der Waals surface area contributed by atoms with Crippen molar-refractivity contribution in [3.8, 4) is 0 Å². The Balaban J connectivity index is 2.26. The highest BCUT2D eigenvalue weighted by Crippen LogP contribution is 2.31. The Morgan fingerprint density at radius 3 is 2.89 bits per heavy atom. The summed E-state index contributed by atoms with van der Waals surface area (Å²) in [6.45, 7) is 2.95. The van der Waals surface area contributed by atoms with Crippen LogP contribution in [0.5, 0.6) is 0 Å². The van der Waals surface area contributed by atoms with Gasteiger partial charge in [0.05, 0.1) is 15.1 Å². The maximum absolute atomic E-state index is 6.27. The van der Waals surface area contributed by atoms with Crippen LogP contribution in [0.4, 0.5) is 0 Å². The molecule has 1 atom stereocenters. The number of thiazole rings is 1. The van der Waals surface area contributed by atoms with Gasteiger partial charge in [0.15, 0.2) is 0 Å². The molecule has 5 heteroatoms. The average molecular weight is 301 g/mol. The summed E-state index contributed by atoms with van der Waals surface area (Å²) >= 11 is 14.0. The molecule has 2 nitrogen and oxygen atoms in total. The highest BCUT2D eigenvalue weighted by molar-refractivity contribution is 7.09. The second kappa shape index (κ2) is 6.53. The molecule has 1 N–H and O–H groups in total. The maximum atomic E-state index is 6.27. The second-order valence-corrected chi connectivity index (χ2v) is 5.65. The van der Waals surface area contributed by atoms with Crippen LogP contribution >= 0.6 is 34.5 Å². The van der Waals surface area contributed by atoms with E-state index in [2.05, 4.69) is 17.2 Å². The summed E-state index contributed by atoms with van der Waals surface area (Å²) in [5.41, 5.74) is 1.03. The molecule has 0 saturated carbocycles. The van der Waals surface area contributed by atoms with Gasteiger partial charge in [-0.15, -0.1) is 11.3 Å². The zero-order chi connectivity index (χ0) is 13.0. The van der Waals surface area contributed by atoms with Crippen LogP contribution < -0.4 is 5.32 Å². The van der Waals surface area contributed by atoms with Gasteiger partial charge in [0.25, 0.3) is 0 Å². The molecule has 1 aromatic carbocycles. The van der Waals surface area contributed by atoms with E-state index >= 15 is 0 Å². The van der Waals surface area contributed by atoms with Crippen molar-refractivity contribution < 1.29 is 0 Å². The average Bonchev–Trinajstić information content (AvgIpc) is 2.85. The Morgan fingerprint density at radius 2 is 2.22 bits per heavy atom. The summed E-state index contributed by atoms with van der Waals surface area (Å²) in [6.07, 6.45) is 2.65. The van der Waals surface area contributed by atoms with E-state index in [4.69, 9.17) is 23.2 Å². The number of aromatic nitrogens is 1. The topological polar surface area (TPSA) is 24.9 Å². The summed E-state index contributed by atoms with van der Waals surface area (Å²) in [6, 6.07) is 5.89. The molecule has 0 aliphatic rings. The van der Waals surface area contributed by atoms with Crippen LogP contribution in [0, 0.1) is 0 Å². The van der Waals surface area contributed by atoms with Gasteiger partial charge < -0.3 is 5.32 Å². The van der Waals surface area contributed by atoms with Gasteiger partial charge in [-0.3, -0.25) is 0 Å². The van der Waals surface area contributed by atoms with Crippen molar-refractivity contribution in [1.82, 2.24) is 10.3 Å². The number of nitrogens with zero attached hydrogens (tertiary/aromatic N) is 1. The molecule has 0 fully saturated rings. The summed E-state index contributed by atoms with van der Waals surface area (Å²) in [7, 11) is 0. The van der Waals surface area contributed by atoms with Crippen molar-refractivity contribution in [2.75, 3.05) is 6.54 Å². The first-order valence-corrected chi connectivity index (χ1v) is 7.41. The summed E-state index contributed by atoms with van der Waals surface area (Å²) in [5, 5.41) is 7.73. The first-order valence-electron chi connectivity index (χ1n) is 5.78. The van der Waals surface area contributed by atoms with E-state index in [0.717, 1.165) is 23.5 Å². The third-order valence-electron chi connectivity index (χ3n) is 2.67. The normalized spacial score (nSPS) is 12.6. The first kappa shape index (κ1) is 13.8. The number of hydrogen-bond donors (Lipinski definition) is 1. The first-order chi connectivity index (χ1) is 8.72. The van der Waals surface area contributed by atoms with Crippen molar-refractivity contribution in [2.45, 2.75) is 19.4 Å². The molecule has 0 aliphatic heterocycles. The minimum atomic E-state index is 0.146. The molecule has 0 radical (unpaired) electrons. The van der Waals surface area contributed by atoms with Gasteiger partial charge in [-0.1, -0.05) is 42.3 Å². The van der Waals surface area contributed by atoms with E-state index in [1.165, 1.54) is 0 Å². The number of nitrogens with one attached hydrogen (secondary N) is 1. The fourth-order valence-corrected chi connectivity index (χ4v) is 2.96. The van der Waals surface area contributed by atoms with Crippen LogP contribution in [-0.4, -0.2) is 11.5 Å². The van der Waals surface area contributed by atoms with Crippen molar-refractivity contribution in [1.29, 1.82) is 0 Å². The Hall–Kier alpha value is -0.610. The molecule has 0 amide bonds. The molecule has 18 heavy (non-hydrogen) atoms. The van der Waals surface area contributed by atoms with E-state index in [0.29, 0.717) is 10.0 Å². The van der Waals surface area contributed by atoms with Crippen LogP contribution in [0.15, 0.2) is 29.8 Å². The standard InChI is InChI=1S/C13H14Cl2N2S/c1-2-16-11(8-12-17-6-7-18-12)9-4-3-5-10(14)13(9)15/h3-7,11,16H,2,8H2,1H3. The van der Waals surface area contributed by atoms with Crippen molar-refractivity contribution in [3.05, 3.63) is 50.4 Å². The van der Waals surface area contributed by atoms with Crippen molar-refractivity contribution in [2.24, 2.45) is 0 Å². The number of halogens is 2. The Bertz CT molecular complexity index is 500. The fraction of sp³-hybridized carbons (Fsp3) is 0.308. The molecule has 0 bridgehead atoms. The molecule has 1 aromatic heterocycles. The number of rotatable bonds is 5. The lowest BCUT2D eigenvalue weighted by Gasteiger charge is -2.19. The van der Waals surface area contributed by atoms with Crippen LogP contribution in [0.1, 0.15) is 23.5 Å². The molecule has 2 aromatic rings. The Labute approximate surface area is 121 Å². The molecule has 0 saturated heterocycles. The van der Waals surface area contributed by atoms with E-state index < -0.39 is 0 Å². The van der Waals surface area contributed by atoms with Crippen LogP contribution in [-0.2, 0) is 6.42 Å². The molecular formula is C13H14Cl2N2S. The predicted molar refractivity (Wildman–Crippen MR) is 78.7 cm³/mol. The largest absolute Gasteiger partial charge is 0.310 e. The lowest BCUT2D eigenvalue weighted by molar-refractivity contribution is 0.549. The quantitative estimate of drug-likeness (QED) is 0.888. The van der Waals surface area contributed by atoms with Gasteiger partial charge in [0.2, 0.25) is 0 Å². The Kier molecular flexibility index (Phi) is 5.01. The number of likely N-dealkylation sites (N-methyl/N-ethyl adjacent to an activating group) is 1. The fourth-order valence-electron chi connectivity index (χ4n) is 1.86. The van der Waals surface area contributed by atoms with Gasteiger partial charge >= 0.3 is 0 Å². The van der Waals surface area contributed by atoms with Gasteiger partial charge in [-0.25, -0.2) is 4.98 Å². The van der Waals surface area contributed by atoms with Crippen molar-refractivity contribution in [3.63, 3.8) is 0 Å². The molecular weight excluding hydrogens is 287 g/mol. The highest BCUT2D eigenvalue weighted by Gasteiger charge is 2.17. The third-order valence-corrected chi connectivity index (χ3v) is 4.31. The maximum Gasteiger partial charge on any atom is 0.0943 e. The Morgan fingerprint density at radius 1 is 1.39 bits per heavy atom. The molecule has 2 rings (SSSR count). The number of hydrogen-bond acceptors (Lipinski definition) is 3. The zero-order valence-corrected chi connectivity index (χ0v) is 12.3. The van der Waals surface area contributed by atoms with Crippen LogP contribution in [0.3, 0.4) is 0 Å². The van der Waals surface area contributed by atoms with Gasteiger partial charge in [0, 0.05) is 24.0 Å². The molecule has 0 spiro atoms. The second-order valence-electron chi connectivity index (χ2n) is 3.88. The summed E-state index contributed by atoms with van der Waals surface area (Å²) in [5.74, 6) is 0. The smallest absolute Gasteiger partial charge is 0.0943 e. The van der Waals surface area contributed by atoms with Gasteiger partial charge in [-0.05, 0) is 18.2 Å². The SMILES string of the molecule is CCNC(Cc1nccs1)c1cccc(Cl)c1Cl. The van der Waals surface area contributed by atoms with Crippen molar-refractivity contribution >= 4 is 34.5 Å². The molecule has 96 valence electrons. The lowest BCUT2D eigenvalue weighted by atomic mass is 10.0. The zero-order valence-electron chi connectivity index (χ0n) is 9.99. The predicted octanol–water partition coefficient (Wildman–Crippen LogP) is 4.34. The van der Waals surface area contributed by atoms with E-state index in [-0.39, 0.29) is 6.04 Å². The molecule has 1 unspecified atom stereocenters. The molecule has 1 heterocycles. The van der Waals surface area contributed by atoms with Crippen LogP contribution in [0.2, 0.25) is 10.0 Å². The lowest BCUT2D eigenvalue weighted by Crippen LogP contribution is -2.23. The summed E-state index contributed by atoms with van der Waals surface area (Å²) < 4.78 is 0. The monoisotopic (exact) mass is 300 g/mol. The minimum absolute atomic E-state index is 0.146. The van der Waals surface area contributed by atoms with Gasteiger partial charge in [0.1, 0.15) is 0 Å².